The summed E-state index contributed by atoms with van der Waals surface area (Å²) in [4.78, 5) is 30.1. The highest BCUT2D eigenvalue weighted by Gasteiger charge is 2.35. The van der Waals surface area contributed by atoms with E-state index < -0.39 is 28.5 Å². The lowest BCUT2D eigenvalue weighted by atomic mass is 10.0. The van der Waals surface area contributed by atoms with Gasteiger partial charge in [-0.3, -0.25) is 13.9 Å². The highest BCUT2D eigenvalue weighted by atomic mass is 79.9. The SMILES string of the molecule is O=C(NC1CCCC1)C(Cc1ccccc1)N(Cc1cccc(Br)c1)C(=O)CN(c1cccc(Cl)c1)S(=O)(=O)c1ccc(Cl)cc1. The number of halogens is 3. The monoisotopic (exact) mass is 741 g/mol. The molecule has 0 heterocycles. The van der Waals surface area contributed by atoms with Crippen molar-refractivity contribution in [3.05, 3.63) is 129 Å². The topological polar surface area (TPSA) is 86.8 Å². The Morgan fingerprint density at radius 1 is 0.826 bits per heavy atom. The van der Waals surface area contributed by atoms with Gasteiger partial charge in [0, 0.05) is 33.5 Å². The molecule has 0 spiro atoms. The van der Waals surface area contributed by atoms with Gasteiger partial charge in [0.2, 0.25) is 11.8 Å². The van der Waals surface area contributed by atoms with Crippen LogP contribution in [0.3, 0.4) is 0 Å². The van der Waals surface area contributed by atoms with Gasteiger partial charge in [0.15, 0.2) is 0 Å². The molecule has 5 rings (SSSR count). The standard InChI is InChI=1S/C35H34BrCl2N3O4S/c36-27-11-6-10-26(20-27)23-40(33(21-25-8-2-1-3-9-25)35(43)39-30-13-4-5-14-30)34(42)24-41(31-15-7-12-29(38)22-31)46(44,45)32-18-16-28(37)17-19-32/h1-3,6-12,15-20,22,30,33H,4-5,13-14,21,23-24H2,(H,39,43). The molecule has 0 saturated heterocycles. The smallest absolute Gasteiger partial charge is 0.264 e. The van der Waals surface area contributed by atoms with Crippen LogP contribution < -0.4 is 9.62 Å². The summed E-state index contributed by atoms with van der Waals surface area (Å²) in [5.74, 6) is -0.811. The molecule has 46 heavy (non-hydrogen) atoms. The molecule has 1 saturated carbocycles. The Balaban J connectivity index is 1.57. The van der Waals surface area contributed by atoms with Gasteiger partial charge >= 0.3 is 0 Å². The third-order valence-corrected chi connectivity index (χ3v) is 10.8. The minimum Gasteiger partial charge on any atom is -0.352 e. The average molecular weight is 744 g/mol. The van der Waals surface area contributed by atoms with E-state index in [0.717, 1.165) is 45.6 Å². The van der Waals surface area contributed by atoms with Gasteiger partial charge in [-0.05, 0) is 78.6 Å². The van der Waals surface area contributed by atoms with Crippen LogP contribution in [0.15, 0.2) is 112 Å². The second kappa shape index (κ2) is 15.5. The van der Waals surface area contributed by atoms with Crippen molar-refractivity contribution in [1.82, 2.24) is 10.2 Å². The van der Waals surface area contributed by atoms with E-state index in [1.165, 1.54) is 35.2 Å². The molecule has 1 aliphatic rings. The normalized spacial score (nSPS) is 14.1. The summed E-state index contributed by atoms with van der Waals surface area (Å²) in [6.07, 6.45) is 4.08. The van der Waals surface area contributed by atoms with Crippen molar-refractivity contribution in [2.24, 2.45) is 0 Å². The molecular weight excluding hydrogens is 709 g/mol. The third kappa shape index (κ3) is 8.70. The maximum Gasteiger partial charge on any atom is 0.264 e. The van der Waals surface area contributed by atoms with Crippen molar-refractivity contribution in [2.45, 2.75) is 55.6 Å². The third-order valence-electron chi connectivity index (χ3n) is 7.99. The molecule has 4 aromatic rings. The molecule has 1 N–H and O–H groups in total. The summed E-state index contributed by atoms with van der Waals surface area (Å²) >= 11 is 15.9. The number of nitrogens with zero attached hydrogens (tertiary/aromatic N) is 2. The Morgan fingerprint density at radius 3 is 2.17 bits per heavy atom. The predicted octanol–water partition coefficient (Wildman–Crippen LogP) is 7.65. The van der Waals surface area contributed by atoms with Crippen molar-refractivity contribution < 1.29 is 18.0 Å². The van der Waals surface area contributed by atoms with E-state index in [1.807, 2.05) is 54.6 Å². The van der Waals surface area contributed by atoms with Crippen LogP contribution in [0.5, 0.6) is 0 Å². The largest absolute Gasteiger partial charge is 0.352 e. The Hall–Kier alpha value is -3.37. The first kappa shape index (κ1) is 34.0. The summed E-state index contributed by atoms with van der Waals surface area (Å²) < 4.78 is 30.1. The molecule has 4 aromatic carbocycles. The molecule has 2 amide bonds. The fourth-order valence-corrected chi connectivity index (χ4v) is 7.81. The molecule has 1 fully saturated rings. The first-order chi connectivity index (χ1) is 22.1. The van der Waals surface area contributed by atoms with Gasteiger partial charge in [0.05, 0.1) is 10.6 Å². The highest BCUT2D eigenvalue weighted by Crippen LogP contribution is 2.28. The molecule has 1 unspecified atom stereocenters. The number of hydrogen-bond acceptors (Lipinski definition) is 4. The summed E-state index contributed by atoms with van der Waals surface area (Å²) in [6.45, 7) is -0.487. The summed E-state index contributed by atoms with van der Waals surface area (Å²) in [7, 11) is -4.26. The van der Waals surface area contributed by atoms with Crippen molar-refractivity contribution in [3.8, 4) is 0 Å². The van der Waals surface area contributed by atoms with E-state index in [1.54, 1.807) is 18.2 Å². The quantitative estimate of drug-likeness (QED) is 0.162. The van der Waals surface area contributed by atoms with Gasteiger partial charge in [0.25, 0.3) is 10.0 Å². The van der Waals surface area contributed by atoms with Crippen LogP contribution in [0.4, 0.5) is 5.69 Å². The first-order valence-electron chi connectivity index (χ1n) is 15.0. The number of sulfonamides is 1. The lowest BCUT2D eigenvalue weighted by molar-refractivity contribution is -0.140. The summed E-state index contributed by atoms with van der Waals surface area (Å²) in [5, 5.41) is 3.87. The number of carbonyl (C=O) groups excluding carboxylic acids is 2. The molecule has 0 bridgehead atoms. The minimum absolute atomic E-state index is 0.0295. The van der Waals surface area contributed by atoms with Gasteiger partial charge in [-0.1, -0.05) is 101 Å². The van der Waals surface area contributed by atoms with Crippen molar-refractivity contribution in [1.29, 1.82) is 0 Å². The minimum atomic E-state index is -4.26. The molecule has 11 heteroatoms. The lowest BCUT2D eigenvalue weighted by Gasteiger charge is -2.34. The maximum atomic E-state index is 14.6. The molecule has 0 aliphatic heterocycles. The highest BCUT2D eigenvalue weighted by molar-refractivity contribution is 9.10. The van der Waals surface area contributed by atoms with E-state index in [9.17, 15) is 18.0 Å². The van der Waals surface area contributed by atoms with Crippen molar-refractivity contribution in [2.75, 3.05) is 10.8 Å². The predicted molar refractivity (Wildman–Crippen MR) is 186 cm³/mol. The second-order valence-electron chi connectivity index (χ2n) is 11.3. The van der Waals surface area contributed by atoms with E-state index >= 15 is 0 Å². The van der Waals surface area contributed by atoms with Gasteiger partial charge < -0.3 is 10.2 Å². The second-order valence-corrected chi connectivity index (χ2v) is 14.9. The lowest BCUT2D eigenvalue weighted by Crippen LogP contribution is -2.54. The zero-order chi connectivity index (χ0) is 32.7. The summed E-state index contributed by atoms with van der Waals surface area (Å²) in [5.41, 5.74) is 1.87. The van der Waals surface area contributed by atoms with E-state index in [-0.39, 0.29) is 35.5 Å². The van der Waals surface area contributed by atoms with Crippen LogP contribution >= 0.6 is 39.1 Å². The fourth-order valence-electron chi connectivity index (χ4n) is 5.65. The molecular formula is C35H34BrCl2N3O4S. The van der Waals surface area contributed by atoms with Crippen molar-refractivity contribution >= 4 is 66.7 Å². The van der Waals surface area contributed by atoms with Gasteiger partial charge in [-0.2, -0.15) is 0 Å². The Morgan fingerprint density at radius 2 is 1.50 bits per heavy atom. The first-order valence-corrected chi connectivity index (χ1v) is 18.0. The number of amides is 2. The zero-order valence-electron chi connectivity index (χ0n) is 25.0. The number of hydrogen-bond donors (Lipinski definition) is 1. The number of benzene rings is 4. The van der Waals surface area contributed by atoms with Crippen LogP contribution in [-0.2, 0) is 32.6 Å². The molecule has 7 nitrogen and oxygen atoms in total. The van der Waals surface area contributed by atoms with Crippen LogP contribution in [-0.4, -0.2) is 43.8 Å². The van der Waals surface area contributed by atoms with E-state index in [4.69, 9.17) is 23.2 Å². The maximum absolute atomic E-state index is 14.6. The number of nitrogens with one attached hydrogen (secondary N) is 1. The number of carbonyl (C=O) groups is 2. The van der Waals surface area contributed by atoms with Gasteiger partial charge in [-0.15, -0.1) is 0 Å². The Bertz CT molecular complexity index is 1770. The van der Waals surface area contributed by atoms with Crippen LogP contribution in [0.25, 0.3) is 0 Å². The van der Waals surface area contributed by atoms with Crippen LogP contribution in [0.2, 0.25) is 10.0 Å². The average Bonchev–Trinajstić information content (AvgIpc) is 3.55. The van der Waals surface area contributed by atoms with Crippen LogP contribution in [0.1, 0.15) is 36.8 Å². The number of rotatable bonds is 12. The van der Waals surface area contributed by atoms with Gasteiger partial charge in [-0.25, -0.2) is 8.42 Å². The zero-order valence-corrected chi connectivity index (χ0v) is 28.9. The molecule has 0 radical (unpaired) electrons. The van der Waals surface area contributed by atoms with E-state index in [0.29, 0.717) is 10.0 Å². The molecule has 1 aliphatic carbocycles. The Kier molecular flexibility index (Phi) is 11.4. The van der Waals surface area contributed by atoms with Crippen LogP contribution in [0, 0.1) is 0 Å². The Labute approximate surface area is 288 Å². The van der Waals surface area contributed by atoms with Gasteiger partial charge in [0.1, 0.15) is 12.6 Å². The fraction of sp³-hybridized carbons (Fsp3) is 0.257. The van der Waals surface area contributed by atoms with Crippen molar-refractivity contribution in [3.63, 3.8) is 0 Å². The summed E-state index contributed by atoms with van der Waals surface area (Å²) in [6, 6.07) is 28.2. The molecule has 240 valence electrons. The molecule has 0 aromatic heterocycles. The molecule has 1 atom stereocenters. The number of anilines is 1. The van der Waals surface area contributed by atoms with E-state index in [2.05, 4.69) is 21.2 Å².